The number of fused-ring (bicyclic) bond motifs is 1. The van der Waals surface area contributed by atoms with Crippen LogP contribution in [0.3, 0.4) is 0 Å². The van der Waals surface area contributed by atoms with Crippen LogP contribution in [-0.2, 0) is 27.2 Å². The molecule has 0 bridgehead atoms. The number of aromatic hydroxyl groups is 1. The van der Waals surface area contributed by atoms with Crippen LogP contribution < -0.4 is 10.1 Å². The summed E-state index contributed by atoms with van der Waals surface area (Å²) in [6, 6.07) is 6.79. The summed E-state index contributed by atoms with van der Waals surface area (Å²) in [5.74, 6) is -0.894. The molecule has 0 saturated heterocycles. The van der Waals surface area contributed by atoms with E-state index < -0.39 is 18.5 Å². The third-order valence-corrected chi connectivity index (χ3v) is 5.70. The number of esters is 1. The number of ether oxygens (including phenoxy) is 2. The van der Waals surface area contributed by atoms with Crippen molar-refractivity contribution in [2.24, 2.45) is 0 Å². The van der Waals surface area contributed by atoms with Crippen molar-refractivity contribution < 1.29 is 24.2 Å². The Morgan fingerprint density at radius 1 is 1.34 bits per heavy atom. The van der Waals surface area contributed by atoms with E-state index in [-0.39, 0.29) is 11.5 Å². The highest BCUT2D eigenvalue weighted by Gasteiger charge is 2.21. The fourth-order valence-corrected chi connectivity index (χ4v) is 4.34. The van der Waals surface area contributed by atoms with Crippen molar-refractivity contribution in [3.05, 3.63) is 45.8 Å². The van der Waals surface area contributed by atoms with Crippen molar-refractivity contribution in [3.8, 4) is 17.6 Å². The molecule has 1 aromatic carbocycles. The SMILES string of the molecule is COc1cc(/C=C/C(=O)OCC(=O)Nc2sc3c(c2C#N)CCCC3)ccc1O. The largest absolute Gasteiger partial charge is 0.504 e. The predicted octanol–water partition coefficient (Wildman–Crippen LogP) is 3.41. The third-order valence-electron chi connectivity index (χ3n) is 4.50. The first-order valence-electron chi connectivity index (χ1n) is 9.08. The molecule has 0 unspecified atom stereocenters. The number of methoxy groups -OCH3 is 1. The number of nitrogens with zero attached hydrogens (tertiary/aromatic N) is 1. The molecule has 1 heterocycles. The van der Waals surface area contributed by atoms with E-state index in [0.717, 1.165) is 36.1 Å². The maximum Gasteiger partial charge on any atom is 0.331 e. The number of carbonyl (C=O) groups is 2. The summed E-state index contributed by atoms with van der Waals surface area (Å²) in [6.07, 6.45) is 6.58. The zero-order chi connectivity index (χ0) is 20.8. The summed E-state index contributed by atoms with van der Waals surface area (Å²) in [6.45, 7) is -0.449. The van der Waals surface area contributed by atoms with E-state index in [1.807, 2.05) is 0 Å². The van der Waals surface area contributed by atoms with Gasteiger partial charge in [0.15, 0.2) is 18.1 Å². The second kappa shape index (κ2) is 9.26. The average molecular weight is 412 g/mol. The number of rotatable bonds is 6. The van der Waals surface area contributed by atoms with Gasteiger partial charge in [0.2, 0.25) is 0 Å². The summed E-state index contributed by atoms with van der Waals surface area (Å²) >= 11 is 1.42. The normalized spacial score (nSPS) is 12.8. The van der Waals surface area contributed by atoms with Gasteiger partial charge in [-0.15, -0.1) is 11.3 Å². The number of amides is 1. The molecule has 0 atom stereocenters. The molecule has 1 amide bonds. The Morgan fingerprint density at radius 3 is 2.90 bits per heavy atom. The lowest BCUT2D eigenvalue weighted by molar-refractivity contribution is -0.142. The molecule has 2 N–H and O–H groups in total. The van der Waals surface area contributed by atoms with Gasteiger partial charge < -0.3 is 19.9 Å². The molecule has 7 nitrogen and oxygen atoms in total. The van der Waals surface area contributed by atoms with Crippen LogP contribution >= 0.6 is 11.3 Å². The summed E-state index contributed by atoms with van der Waals surface area (Å²) in [7, 11) is 1.43. The molecule has 1 aromatic heterocycles. The molecule has 29 heavy (non-hydrogen) atoms. The van der Waals surface area contributed by atoms with E-state index in [4.69, 9.17) is 9.47 Å². The summed E-state index contributed by atoms with van der Waals surface area (Å²) in [5.41, 5.74) is 2.18. The van der Waals surface area contributed by atoms with Gasteiger partial charge >= 0.3 is 5.97 Å². The zero-order valence-corrected chi connectivity index (χ0v) is 16.7. The van der Waals surface area contributed by atoms with Crippen molar-refractivity contribution in [1.29, 1.82) is 5.26 Å². The minimum atomic E-state index is -0.682. The van der Waals surface area contributed by atoms with Gasteiger partial charge in [-0.3, -0.25) is 4.79 Å². The fraction of sp³-hybridized carbons (Fsp3) is 0.286. The Balaban J connectivity index is 1.55. The first-order valence-corrected chi connectivity index (χ1v) is 9.89. The number of hydrogen-bond donors (Lipinski definition) is 2. The fourth-order valence-electron chi connectivity index (χ4n) is 3.08. The highest BCUT2D eigenvalue weighted by atomic mass is 32.1. The van der Waals surface area contributed by atoms with Crippen molar-refractivity contribution in [1.82, 2.24) is 0 Å². The van der Waals surface area contributed by atoms with Gasteiger partial charge in [-0.25, -0.2) is 4.79 Å². The van der Waals surface area contributed by atoms with E-state index in [1.54, 1.807) is 12.1 Å². The molecule has 0 radical (unpaired) electrons. The highest BCUT2D eigenvalue weighted by Crippen LogP contribution is 2.37. The maximum atomic E-state index is 12.1. The van der Waals surface area contributed by atoms with Crippen LogP contribution in [0, 0.1) is 11.3 Å². The Bertz CT molecular complexity index is 1000. The van der Waals surface area contributed by atoms with E-state index in [0.29, 0.717) is 16.1 Å². The standard InChI is InChI=1S/C21H20N2O5S/c1-27-17-10-13(6-8-16(17)24)7-9-20(26)28-12-19(25)23-21-15(11-22)14-4-2-3-5-18(14)29-21/h6-10,24H,2-5,12H2,1H3,(H,23,25)/b9-7+. The topological polar surface area (TPSA) is 109 Å². The van der Waals surface area contributed by atoms with Gasteiger partial charge in [-0.1, -0.05) is 6.07 Å². The Hall–Kier alpha value is -3.31. The number of nitriles is 1. The van der Waals surface area contributed by atoms with E-state index in [9.17, 15) is 20.0 Å². The van der Waals surface area contributed by atoms with Crippen LogP contribution in [0.15, 0.2) is 24.3 Å². The van der Waals surface area contributed by atoms with E-state index in [1.165, 1.54) is 36.7 Å². The number of carbonyl (C=O) groups excluding carboxylic acids is 2. The van der Waals surface area contributed by atoms with Crippen LogP contribution in [0.1, 0.15) is 34.4 Å². The van der Waals surface area contributed by atoms with Crippen LogP contribution in [0.25, 0.3) is 6.08 Å². The van der Waals surface area contributed by atoms with Crippen LogP contribution in [0.2, 0.25) is 0 Å². The smallest absolute Gasteiger partial charge is 0.331 e. The molecular weight excluding hydrogens is 392 g/mol. The van der Waals surface area contributed by atoms with Gasteiger partial charge in [-0.05, 0) is 55.0 Å². The monoisotopic (exact) mass is 412 g/mol. The maximum absolute atomic E-state index is 12.1. The molecule has 0 fully saturated rings. The molecule has 3 rings (SSSR count). The van der Waals surface area contributed by atoms with Crippen molar-refractivity contribution in [3.63, 3.8) is 0 Å². The minimum absolute atomic E-state index is 0.00380. The Kier molecular flexibility index (Phi) is 6.52. The molecule has 8 heteroatoms. The lowest BCUT2D eigenvalue weighted by atomic mass is 9.96. The predicted molar refractivity (Wildman–Crippen MR) is 109 cm³/mol. The van der Waals surface area contributed by atoms with Gasteiger partial charge in [0, 0.05) is 11.0 Å². The number of thiophene rings is 1. The quantitative estimate of drug-likeness (QED) is 0.556. The number of aryl methyl sites for hydroxylation is 1. The second-order valence-corrected chi connectivity index (χ2v) is 7.55. The van der Waals surface area contributed by atoms with Crippen molar-refractivity contribution >= 4 is 34.3 Å². The van der Waals surface area contributed by atoms with Crippen LogP contribution in [0.4, 0.5) is 5.00 Å². The molecular formula is C21H20N2O5S. The number of phenols is 1. The molecule has 0 aliphatic heterocycles. The summed E-state index contributed by atoms with van der Waals surface area (Å²) in [4.78, 5) is 25.1. The number of benzene rings is 1. The number of hydrogen-bond acceptors (Lipinski definition) is 7. The average Bonchev–Trinajstić information content (AvgIpc) is 3.08. The van der Waals surface area contributed by atoms with Crippen LogP contribution in [-0.4, -0.2) is 30.7 Å². The first kappa shape index (κ1) is 20.4. The zero-order valence-electron chi connectivity index (χ0n) is 15.9. The van der Waals surface area contributed by atoms with E-state index >= 15 is 0 Å². The third kappa shape index (κ3) is 4.95. The minimum Gasteiger partial charge on any atom is -0.504 e. The molecule has 150 valence electrons. The van der Waals surface area contributed by atoms with Crippen LogP contribution in [0.5, 0.6) is 11.5 Å². The second-order valence-electron chi connectivity index (χ2n) is 6.45. The Morgan fingerprint density at radius 2 is 2.14 bits per heavy atom. The lowest BCUT2D eigenvalue weighted by Crippen LogP contribution is -2.20. The number of phenolic OH excluding ortho intramolecular Hbond substituents is 1. The molecule has 0 spiro atoms. The summed E-state index contributed by atoms with van der Waals surface area (Å²) in [5, 5.41) is 22.2. The molecule has 0 saturated carbocycles. The molecule has 2 aromatic rings. The van der Waals surface area contributed by atoms with Crippen molar-refractivity contribution in [2.75, 3.05) is 19.0 Å². The number of anilines is 1. The lowest BCUT2D eigenvalue weighted by Gasteiger charge is -2.09. The Labute approximate surface area is 172 Å². The molecule has 1 aliphatic rings. The van der Waals surface area contributed by atoms with Gasteiger partial charge in [0.25, 0.3) is 5.91 Å². The van der Waals surface area contributed by atoms with E-state index in [2.05, 4.69) is 11.4 Å². The highest BCUT2D eigenvalue weighted by molar-refractivity contribution is 7.16. The number of nitrogens with one attached hydrogen (secondary N) is 1. The van der Waals surface area contributed by atoms with Gasteiger partial charge in [0.05, 0.1) is 12.7 Å². The van der Waals surface area contributed by atoms with Crippen molar-refractivity contribution in [2.45, 2.75) is 25.7 Å². The molecule has 1 aliphatic carbocycles. The summed E-state index contributed by atoms with van der Waals surface area (Å²) < 4.78 is 9.96. The van der Waals surface area contributed by atoms with Gasteiger partial charge in [0.1, 0.15) is 11.1 Å². The van der Waals surface area contributed by atoms with Gasteiger partial charge in [-0.2, -0.15) is 5.26 Å². The first-order chi connectivity index (χ1) is 14.0.